The second kappa shape index (κ2) is 7.76. The number of amides is 1. The van der Waals surface area contributed by atoms with Crippen molar-refractivity contribution >= 4 is 56.2 Å². The van der Waals surface area contributed by atoms with Gasteiger partial charge in [0.2, 0.25) is 11.1 Å². The summed E-state index contributed by atoms with van der Waals surface area (Å²) in [6.45, 7) is 1.98. The van der Waals surface area contributed by atoms with Crippen molar-refractivity contribution in [3.63, 3.8) is 0 Å². The SMILES string of the molecule is CCC(Sc1nnc2c(n1)[nH]c1ccccc12)C(=O)Nc1cccc2ccccc12. The number of carbonyl (C=O) groups is 1. The number of para-hydroxylation sites is 1. The van der Waals surface area contributed by atoms with E-state index in [1.54, 1.807) is 0 Å². The topological polar surface area (TPSA) is 83.6 Å². The highest BCUT2D eigenvalue weighted by atomic mass is 32.2. The highest BCUT2D eigenvalue weighted by Crippen LogP contribution is 2.28. The van der Waals surface area contributed by atoms with Gasteiger partial charge in [0.25, 0.3) is 0 Å². The second-order valence-corrected chi connectivity index (χ2v) is 8.16. The fourth-order valence-electron chi connectivity index (χ4n) is 3.55. The smallest absolute Gasteiger partial charge is 0.237 e. The van der Waals surface area contributed by atoms with E-state index in [9.17, 15) is 4.79 Å². The number of benzene rings is 3. The normalized spacial score (nSPS) is 12.4. The standard InChI is InChI=1S/C23H19N5OS/c1-2-19(22(29)25-17-13-7-9-14-8-3-4-10-15(14)17)30-23-26-21-20(27-28-23)16-11-5-6-12-18(16)24-21/h3-13,19H,2H2,1H3,(H,25,29)(H,24,26,28). The van der Waals surface area contributed by atoms with E-state index in [0.29, 0.717) is 17.2 Å². The molecule has 0 aliphatic carbocycles. The van der Waals surface area contributed by atoms with E-state index in [4.69, 9.17) is 0 Å². The van der Waals surface area contributed by atoms with E-state index in [1.807, 2.05) is 73.7 Å². The molecule has 0 aliphatic heterocycles. The number of hydrogen-bond acceptors (Lipinski definition) is 5. The Morgan fingerprint density at radius 3 is 2.63 bits per heavy atom. The molecule has 2 N–H and O–H groups in total. The van der Waals surface area contributed by atoms with Crippen LogP contribution in [-0.2, 0) is 4.79 Å². The van der Waals surface area contributed by atoms with Crippen LogP contribution in [0.5, 0.6) is 0 Å². The fraction of sp³-hybridized carbons (Fsp3) is 0.130. The van der Waals surface area contributed by atoms with Crippen molar-refractivity contribution in [2.75, 3.05) is 5.32 Å². The number of anilines is 1. The van der Waals surface area contributed by atoms with E-state index in [2.05, 4.69) is 25.5 Å². The first-order valence-corrected chi connectivity index (χ1v) is 10.7. The number of rotatable bonds is 5. The molecule has 5 aromatic rings. The van der Waals surface area contributed by atoms with Crippen LogP contribution < -0.4 is 5.32 Å². The van der Waals surface area contributed by atoms with Gasteiger partial charge in [0.1, 0.15) is 5.52 Å². The molecule has 148 valence electrons. The Bertz CT molecular complexity index is 1370. The first-order chi connectivity index (χ1) is 14.7. The molecule has 0 spiro atoms. The first kappa shape index (κ1) is 18.6. The van der Waals surface area contributed by atoms with Crippen LogP contribution in [0.25, 0.3) is 32.8 Å². The lowest BCUT2D eigenvalue weighted by molar-refractivity contribution is -0.115. The Morgan fingerprint density at radius 2 is 1.77 bits per heavy atom. The maximum atomic E-state index is 13.0. The van der Waals surface area contributed by atoms with Gasteiger partial charge in [-0.25, -0.2) is 4.98 Å². The van der Waals surface area contributed by atoms with Crippen LogP contribution >= 0.6 is 11.8 Å². The van der Waals surface area contributed by atoms with Crippen molar-refractivity contribution in [2.24, 2.45) is 0 Å². The van der Waals surface area contributed by atoms with E-state index < -0.39 is 0 Å². The predicted octanol–water partition coefficient (Wildman–Crippen LogP) is 5.17. The number of H-pyrrole nitrogens is 1. The summed E-state index contributed by atoms with van der Waals surface area (Å²) in [6, 6.07) is 21.8. The summed E-state index contributed by atoms with van der Waals surface area (Å²) < 4.78 is 0. The Hall–Kier alpha value is -3.45. The summed E-state index contributed by atoms with van der Waals surface area (Å²) in [5.74, 6) is -0.0702. The van der Waals surface area contributed by atoms with E-state index in [1.165, 1.54) is 11.8 Å². The summed E-state index contributed by atoms with van der Waals surface area (Å²) in [5.41, 5.74) is 3.20. The van der Waals surface area contributed by atoms with Crippen molar-refractivity contribution in [2.45, 2.75) is 23.8 Å². The lowest BCUT2D eigenvalue weighted by atomic mass is 10.1. The molecule has 2 heterocycles. The second-order valence-electron chi connectivity index (χ2n) is 6.99. The predicted molar refractivity (Wildman–Crippen MR) is 122 cm³/mol. The number of thioether (sulfide) groups is 1. The van der Waals surface area contributed by atoms with Crippen molar-refractivity contribution in [3.8, 4) is 0 Å². The van der Waals surface area contributed by atoms with Gasteiger partial charge in [0.05, 0.1) is 5.25 Å². The van der Waals surface area contributed by atoms with Gasteiger partial charge in [0, 0.05) is 22.0 Å². The number of carbonyl (C=O) groups excluding carboxylic acids is 1. The molecule has 1 unspecified atom stereocenters. The van der Waals surface area contributed by atoms with Crippen molar-refractivity contribution in [3.05, 3.63) is 66.7 Å². The number of aromatic amines is 1. The maximum absolute atomic E-state index is 13.0. The molecular weight excluding hydrogens is 394 g/mol. The average molecular weight is 414 g/mol. The summed E-state index contributed by atoms with van der Waals surface area (Å²) in [6.07, 6.45) is 0.648. The summed E-state index contributed by atoms with van der Waals surface area (Å²) in [5, 5.41) is 14.9. The van der Waals surface area contributed by atoms with E-state index >= 15 is 0 Å². The first-order valence-electron chi connectivity index (χ1n) is 9.79. The molecule has 0 bridgehead atoms. The van der Waals surface area contributed by atoms with Gasteiger partial charge in [-0.05, 0) is 23.9 Å². The zero-order valence-corrected chi connectivity index (χ0v) is 17.1. The van der Waals surface area contributed by atoms with Crippen molar-refractivity contribution < 1.29 is 4.79 Å². The molecule has 2 aromatic heterocycles. The molecular formula is C23H19N5OS. The number of fused-ring (bicyclic) bond motifs is 4. The highest BCUT2D eigenvalue weighted by Gasteiger charge is 2.21. The molecule has 0 saturated heterocycles. The number of nitrogens with one attached hydrogen (secondary N) is 2. The maximum Gasteiger partial charge on any atom is 0.237 e. The Morgan fingerprint density at radius 1 is 1.00 bits per heavy atom. The number of hydrogen-bond donors (Lipinski definition) is 2. The van der Waals surface area contributed by atoms with Crippen LogP contribution in [0.2, 0.25) is 0 Å². The van der Waals surface area contributed by atoms with Gasteiger partial charge in [-0.3, -0.25) is 4.79 Å². The minimum Gasteiger partial charge on any atom is -0.338 e. The zero-order chi connectivity index (χ0) is 20.5. The summed E-state index contributed by atoms with van der Waals surface area (Å²) in [7, 11) is 0. The van der Waals surface area contributed by atoms with Gasteiger partial charge < -0.3 is 10.3 Å². The fourth-order valence-corrected chi connectivity index (χ4v) is 4.37. The minimum absolute atomic E-state index is 0.0702. The van der Waals surface area contributed by atoms with Crippen LogP contribution in [0.3, 0.4) is 0 Å². The quantitative estimate of drug-likeness (QED) is 0.389. The third kappa shape index (κ3) is 3.37. The third-order valence-electron chi connectivity index (χ3n) is 5.06. The molecule has 3 aromatic carbocycles. The lowest BCUT2D eigenvalue weighted by Gasteiger charge is -2.15. The van der Waals surface area contributed by atoms with E-state index in [-0.39, 0.29) is 11.2 Å². The number of aromatic nitrogens is 4. The summed E-state index contributed by atoms with van der Waals surface area (Å²) >= 11 is 1.33. The largest absolute Gasteiger partial charge is 0.338 e. The van der Waals surface area contributed by atoms with Crippen molar-refractivity contribution in [1.29, 1.82) is 0 Å². The van der Waals surface area contributed by atoms with Crippen LogP contribution in [0, 0.1) is 0 Å². The van der Waals surface area contributed by atoms with Crippen molar-refractivity contribution in [1.82, 2.24) is 20.2 Å². The van der Waals surface area contributed by atoms with Gasteiger partial charge in [-0.2, -0.15) is 0 Å². The molecule has 0 fully saturated rings. The molecule has 30 heavy (non-hydrogen) atoms. The van der Waals surface area contributed by atoms with Crippen LogP contribution in [-0.4, -0.2) is 31.3 Å². The Balaban J connectivity index is 1.40. The molecule has 0 radical (unpaired) electrons. The molecule has 1 amide bonds. The number of nitrogens with zero attached hydrogens (tertiary/aromatic N) is 3. The monoisotopic (exact) mass is 413 g/mol. The zero-order valence-electron chi connectivity index (χ0n) is 16.3. The lowest BCUT2D eigenvalue weighted by Crippen LogP contribution is -2.25. The Labute approximate surface area is 177 Å². The molecule has 1 atom stereocenters. The van der Waals surface area contributed by atoms with Crippen LogP contribution in [0.4, 0.5) is 5.69 Å². The van der Waals surface area contributed by atoms with Gasteiger partial charge in [-0.15, -0.1) is 10.2 Å². The molecule has 7 heteroatoms. The summed E-state index contributed by atoms with van der Waals surface area (Å²) in [4.78, 5) is 20.8. The van der Waals surface area contributed by atoms with Crippen LogP contribution in [0.15, 0.2) is 71.9 Å². The van der Waals surface area contributed by atoms with Gasteiger partial charge in [-0.1, -0.05) is 73.3 Å². The highest BCUT2D eigenvalue weighted by molar-refractivity contribution is 8.00. The molecule has 5 rings (SSSR count). The molecule has 0 aliphatic rings. The van der Waals surface area contributed by atoms with Crippen LogP contribution in [0.1, 0.15) is 13.3 Å². The molecule has 0 saturated carbocycles. The van der Waals surface area contributed by atoms with Gasteiger partial charge >= 0.3 is 0 Å². The minimum atomic E-state index is -0.326. The molecule has 6 nitrogen and oxygen atoms in total. The Kier molecular flexibility index (Phi) is 4.80. The van der Waals surface area contributed by atoms with Gasteiger partial charge in [0.15, 0.2) is 5.65 Å². The average Bonchev–Trinajstić information content (AvgIpc) is 3.15. The van der Waals surface area contributed by atoms with E-state index in [0.717, 1.165) is 32.9 Å². The third-order valence-corrected chi connectivity index (χ3v) is 6.28.